The number of thiocarbonyl (C=S) groups is 1. The van der Waals surface area contributed by atoms with Crippen LogP contribution in [-0.2, 0) is 0 Å². The number of methoxy groups -OCH3 is 1. The molecule has 8 heteroatoms. The Morgan fingerprint density at radius 2 is 1.90 bits per heavy atom. The van der Waals surface area contributed by atoms with Crippen LogP contribution < -0.4 is 15.2 Å². The van der Waals surface area contributed by atoms with Crippen molar-refractivity contribution in [3.63, 3.8) is 0 Å². The molecule has 0 spiro atoms. The van der Waals surface area contributed by atoms with Crippen molar-refractivity contribution in [2.75, 3.05) is 7.11 Å². The molecule has 0 unspecified atom stereocenters. The van der Waals surface area contributed by atoms with E-state index in [9.17, 15) is 0 Å². The number of nitrogens with two attached hydrogens (primary N) is 1. The smallest absolute Gasteiger partial charge is 0.322 e. The summed E-state index contributed by atoms with van der Waals surface area (Å²) < 4.78 is 12.3. The summed E-state index contributed by atoms with van der Waals surface area (Å²) in [5, 5.41) is 0. The molecule has 104 valence electrons. The van der Waals surface area contributed by atoms with Crippen LogP contribution in [0, 0.1) is 0 Å². The van der Waals surface area contributed by atoms with Crippen LogP contribution in [0.2, 0.25) is 0 Å². The Bertz CT molecular complexity index is 667. The van der Waals surface area contributed by atoms with Gasteiger partial charge in [-0.25, -0.2) is 4.98 Å². The number of benzene rings is 1. The van der Waals surface area contributed by atoms with Gasteiger partial charge in [0.15, 0.2) is 0 Å². The van der Waals surface area contributed by atoms with Crippen molar-refractivity contribution in [1.29, 1.82) is 0 Å². The second-order valence-electron chi connectivity index (χ2n) is 3.61. The minimum absolute atomic E-state index is 0.160. The first-order valence-corrected chi connectivity index (χ1v) is 7.34. The third kappa shape index (κ3) is 3.44. The predicted molar refractivity (Wildman–Crippen MR) is 86.4 cm³/mol. The molecule has 5 nitrogen and oxygen atoms in total. The quantitative estimate of drug-likeness (QED) is 0.767. The Morgan fingerprint density at radius 1 is 1.25 bits per heavy atom. The van der Waals surface area contributed by atoms with Gasteiger partial charge in [-0.1, -0.05) is 12.2 Å². The van der Waals surface area contributed by atoms with E-state index in [1.54, 1.807) is 25.3 Å². The van der Waals surface area contributed by atoms with Crippen molar-refractivity contribution in [2.24, 2.45) is 5.73 Å². The highest BCUT2D eigenvalue weighted by molar-refractivity contribution is 9.11. The van der Waals surface area contributed by atoms with E-state index in [2.05, 4.69) is 41.8 Å². The first-order valence-electron chi connectivity index (χ1n) is 5.35. The van der Waals surface area contributed by atoms with E-state index in [4.69, 9.17) is 27.4 Å². The topological polar surface area (TPSA) is 70.3 Å². The summed E-state index contributed by atoms with van der Waals surface area (Å²) >= 11 is 11.6. The second-order valence-corrected chi connectivity index (χ2v) is 5.76. The lowest BCUT2D eigenvalue weighted by atomic mass is 10.3. The molecule has 0 amide bonds. The average molecular weight is 419 g/mol. The number of halogens is 2. The third-order valence-corrected chi connectivity index (χ3v) is 3.74. The van der Waals surface area contributed by atoms with Crippen molar-refractivity contribution >= 4 is 49.1 Å². The lowest BCUT2D eigenvalue weighted by Crippen LogP contribution is -2.12. The molecular weight excluding hydrogens is 410 g/mol. The molecule has 0 radical (unpaired) electrons. The molecule has 2 N–H and O–H groups in total. The maximum absolute atomic E-state index is 5.61. The van der Waals surface area contributed by atoms with Gasteiger partial charge in [-0.3, -0.25) is 0 Å². The van der Waals surface area contributed by atoms with Crippen molar-refractivity contribution in [2.45, 2.75) is 0 Å². The fraction of sp³-hybridized carbons (Fsp3) is 0.0833. The van der Waals surface area contributed by atoms with Gasteiger partial charge in [-0.05, 0) is 44.0 Å². The molecule has 0 bridgehead atoms. The van der Waals surface area contributed by atoms with E-state index in [1.807, 2.05) is 0 Å². The fourth-order valence-electron chi connectivity index (χ4n) is 1.37. The molecule has 0 fully saturated rings. The third-order valence-electron chi connectivity index (χ3n) is 2.29. The standard InChI is InChI=1S/C12H9Br2N3O2S/c1-18-9-4-7(14)10(5-6(9)13)19-12-16-3-2-8(17-12)11(15)20/h2-5H,1H3,(H2,15,20). The molecule has 0 saturated carbocycles. The minimum Gasteiger partial charge on any atom is -0.496 e. The highest BCUT2D eigenvalue weighted by atomic mass is 79.9. The molecule has 0 aliphatic carbocycles. The van der Waals surface area contributed by atoms with Gasteiger partial charge in [0.25, 0.3) is 0 Å². The van der Waals surface area contributed by atoms with Crippen molar-refractivity contribution < 1.29 is 9.47 Å². The number of aromatic nitrogens is 2. The van der Waals surface area contributed by atoms with Gasteiger partial charge in [-0.2, -0.15) is 4.98 Å². The summed E-state index contributed by atoms with van der Waals surface area (Å²) in [6.07, 6.45) is 1.53. The van der Waals surface area contributed by atoms with Crippen LogP contribution in [0.3, 0.4) is 0 Å². The van der Waals surface area contributed by atoms with Gasteiger partial charge < -0.3 is 15.2 Å². The molecule has 2 rings (SSSR count). The first-order chi connectivity index (χ1) is 9.51. The zero-order valence-electron chi connectivity index (χ0n) is 10.3. The molecule has 1 aromatic carbocycles. The molecule has 20 heavy (non-hydrogen) atoms. The Morgan fingerprint density at radius 3 is 2.55 bits per heavy atom. The summed E-state index contributed by atoms with van der Waals surface area (Å²) in [7, 11) is 1.59. The van der Waals surface area contributed by atoms with E-state index < -0.39 is 0 Å². The van der Waals surface area contributed by atoms with Crippen molar-refractivity contribution in [1.82, 2.24) is 9.97 Å². The first kappa shape index (κ1) is 15.1. The van der Waals surface area contributed by atoms with Gasteiger partial charge in [0.05, 0.1) is 16.1 Å². The molecule has 0 saturated heterocycles. The van der Waals surface area contributed by atoms with Crippen molar-refractivity contribution in [3.05, 3.63) is 39.0 Å². The Hall–Kier alpha value is -1.25. The van der Waals surface area contributed by atoms with Crippen LogP contribution >= 0.6 is 44.1 Å². The van der Waals surface area contributed by atoms with Gasteiger partial charge in [0, 0.05) is 12.3 Å². The zero-order valence-corrected chi connectivity index (χ0v) is 14.3. The summed E-state index contributed by atoms with van der Waals surface area (Å²) in [4.78, 5) is 8.32. The van der Waals surface area contributed by atoms with Gasteiger partial charge in [0.2, 0.25) is 0 Å². The van der Waals surface area contributed by atoms with E-state index in [-0.39, 0.29) is 11.0 Å². The summed E-state index contributed by atoms with van der Waals surface area (Å²) in [5.41, 5.74) is 5.97. The maximum Gasteiger partial charge on any atom is 0.322 e. The molecule has 0 atom stereocenters. The summed E-state index contributed by atoms with van der Waals surface area (Å²) in [5.74, 6) is 1.22. The van der Waals surface area contributed by atoms with E-state index in [0.29, 0.717) is 21.7 Å². The number of hydrogen-bond acceptors (Lipinski definition) is 5. The highest BCUT2D eigenvalue weighted by Crippen LogP contribution is 2.37. The van der Waals surface area contributed by atoms with Gasteiger partial charge in [-0.15, -0.1) is 0 Å². The van der Waals surface area contributed by atoms with Crippen LogP contribution in [-0.4, -0.2) is 22.1 Å². The number of nitrogens with zero attached hydrogens (tertiary/aromatic N) is 2. The molecule has 1 heterocycles. The average Bonchev–Trinajstić information content (AvgIpc) is 2.42. The molecular formula is C12H9Br2N3O2S. The van der Waals surface area contributed by atoms with Crippen LogP contribution in [0.1, 0.15) is 5.69 Å². The largest absolute Gasteiger partial charge is 0.496 e. The molecule has 1 aromatic heterocycles. The minimum atomic E-state index is 0.160. The van der Waals surface area contributed by atoms with Gasteiger partial charge in [0.1, 0.15) is 22.2 Å². The zero-order chi connectivity index (χ0) is 14.7. The van der Waals surface area contributed by atoms with Crippen LogP contribution in [0.25, 0.3) is 0 Å². The molecule has 2 aromatic rings. The van der Waals surface area contributed by atoms with Gasteiger partial charge >= 0.3 is 6.01 Å². The normalized spacial score (nSPS) is 10.2. The molecule has 0 aliphatic rings. The SMILES string of the molecule is COc1cc(Br)c(Oc2nccc(C(N)=S)n2)cc1Br. The Labute approximate surface area is 137 Å². The predicted octanol–water partition coefficient (Wildman–Crippen LogP) is 3.44. The molecule has 0 aliphatic heterocycles. The lowest BCUT2D eigenvalue weighted by Gasteiger charge is -2.10. The number of rotatable bonds is 4. The summed E-state index contributed by atoms with van der Waals surface area (Å²) in [6, 6.07) is 5.30. The van der Waals surface area contributed by atoms with Crippen molar-refractivity contribution in [3.8, 4) is 17.5 Å². The second kappa shape index (κ2) is 6.47. The van der Waals surface area contributed by atoms with Crippen LogP contribution in [0.5, 0.6) is 17.5 Å². The van der Waals surface area contributed by atoms with E-state index >= 15 is 0 Å². The maximum atomic E-state index is 5.61. The van der Waals surface area contributed by atoms with E-state index in [0.717, 1.165) is 4.47 Å². The lowest BCUT2D eigenvalue weighted by molar-refractivity contribution is 0.406. The summed E-state index contributed by atoms with van der Waals surface area (Å²) in [6.45, 7) is 0. The Balaban J connectivity index is 2.32. The monoisotopic (exact) mass is 417 g/mol. The highest BCUT2D eigenvalue weighted by Gasteiger charge is 2.11. The van der Waals surface area contributed by atoms with Crippen LogP contribution in [0.4, 0.5) is 0 Å². The van der Waals surface area contributed by atoms with Crippen LogP contribution in [0.15, 0.2) is 33.3 Å². The number of ether oxygens (including phenoxy) is 2. The fourth-order valence-corrected chi connectivity index (χ4v) is 2.37. The Kier molecular flexibility index (Phi) is 4.90. The number of hydrogen-bond donors (Lipinski definition) is 1. The van der Waals surface area contributed by atoms with E-state index in [1.165, 1.54) is 6.20 Å².